The zero-order valence-corrected chi connectivity index (χ0v) is 16.9. The molecule has 0 saturated carbocycles. The number of carbonyl (C=O) groups is 1. The number of amides is 1. The van der Waals surface area contributed by atoms with Gasteiger partial charge >= 0.3 is 6.18 Å². The molecule has 164 valence electrons. The Morgan fingerprint density at radius 3 is 2.59 bits per heavy atom. The van der Waals surface area contributed by atoms with Crippen LogP contribution >= 0.6 is 0 Å². The van der Waals surface area contributed by atoms with Crippen LogP contribution in [0.2, 0.25) is 0 Å². The molecular formula is C22H18F3N5O2. The molecule has 0 saturated heterocycles. The lowest BCUT2D eigenvalue weighted by Crippen LogP contribution is -2.20. The molecule has 1 amide bonds. The van der Waals surface area contributed by atoms with Crippen LogP contribution in [-0.2, 0) is 17.5 Å². The second-order valence-electron chi connectivity index (χ2n) is 7.14. The summed E-state index contributed by atoms with van der Waals surface area (Å²) in [5, 5.41) is 11.3. The van der Waals surface area contributed by atoms with E-state index in [2.05, 4.69) is 15.5 Å². The first-order valence-corrected chi connectivity index (χ1v) is 9.72. The minimum Gasteiger partial charge on any atom is -0.311 e. The van der Waals surface area contributed by atoms with E-state index in [1.54, 1.807) is 31.2 Å². The van der Waals surface area contributed by atoms with Crippen LogP contribution in [0.4, 0.5) is 19.0 Å². The van der Waals surface area contributed by atoms with Gasteiger partial charge in [-0.1, -0.05) is 24.3 Å². The lowest BCUT2D eigenvalue weighted by molar-refractivity contribution is -0.137. The summed E-state index contributed by atoms with van der Waals surface area (Å²) in [7, 11) is 0. The predicted molar refractivity (Wildman–Crippen MR) is 113 cm³/mol. The number of nitrogens with zero attached hydrogens (tertiary/aromatic N) is 4. The van der Waals surface area contributed by atoms with Crippen LogP contribution in [0.5, 0.6) is 0 Å². The van der Waals surface area contributed by atoms with E-state index in [0.29, 0.717) is 16.6 Å². The van der Waals surface area contributed by atoms with Gasteiger partial charge in [0.15, 0.2) is 0 Å². The van der Waals surface area contributed by atoms with E-state index in [1.807, 2.05) is 0 Å². The molecule has 10 heteroatoms. The third-order valence-electron chi connectivity index (χ3n) is 4.85. The number of alkyl halides is 3. The van der Waals surface area contributed by atoms with Gasteiger partial charge in [0.2, 0.25) is 11.3 Å². The van der Waals surface area contributed by atoms with Crippen molar-refractivity contribution in [3.05, 3.63) is 82.3 Å². The molecule has 0 fully saturated rings. The van der Waals surface area contributed by atoms with Crippen molar-refractivity contribution in [3.8, 4) is 5.69 Å². The summed E-state index contributed by atoms with van der Waals surface area (Å²) < 4.78 is 42.9. The van der Waals surface area contributed by atoms with Gasteiger partial charge in [0.25, 0.3) is 0 Å². The maximum atomic E-state index is 13.4. The Labute approximate surface area is 180 Å². The summed E-state index contributed by atoms with van der Waals surface area (Å²) in [6.07, 6.45) is -3.40. The molecule has 4 rings (SSSR count). The van der Waals surface area contributed by atoms with E-state index in [1.165, 1.54) is 35.1 Å². The molecule has 2 aromatic carbocycles. The Bertz CT molecular complexity index is 1360. The van der Waals surface area contributed by atoms with Crippen LogP contribution in [0.3, 0.4) is 0 Å². The molecule has 0 atom stereocenters. The number of para-hydroxylation sites is 2. The van der Waals surface area contributed by atoms with Crippen LogP contribution in [-0.4, -0.2) is 25.5 Å². The van der Waals surface area contributed by atoms with Gasteiger partial charge in [0.05, 0.1) is 35.2 Å². The summed E-state index contributed by atoms with van der Waals surface area (Å²) in [6, 6.07) is 13.4. The van der Waals surface area contributed by atoms with Gasteiger partial charge in [-0.15, -0.1) is 0 Å². The van der Waals surface area contributed by atoms with E-state index >= 15 is 0 Å². The van der Waals surface area contributed by atoms with E-state index in [-0.39, 0.29) is 29.9 Å². The van der Waals surface area contributed by atoms with Crippen molar-refractivity contribution in [3.63, 3.8) is 0 Å². The maximum absolute atomic E-state index is 13.4. The van der Waals surface area contributed by atoms with Crippen LogP contribution in [0, 0.1) is 6.92 Å². The van der Waals surface area contributed by atoms with Crippen LogP contribution < -0.4 is 10.7 Å². The average Bonchev–Trinajstić information content (AvgIpc) is 3.12. The average molecular weight is 441 g/mol. The number of aryl methyl sites for hydroxylation is 2. The molecule has 0 aliphatic heterocycles. The van der Waals surface area contributed by atoms with Crippen molar-refractivity contribution >= 4 is 22.6 Å². The number of halogens is 3. The smallest absolute Gasteiger partial charge is 0.311 e. The zero-order chi connectivity index (χ0) is 22.9. The van der Waals surface area contributed by atoms with Gasteiger partial charge in [-0.3, -0.25) is 14.3 Å². The number of nitrogens with one attached hydrogen (secondary N) is 1. The van der Waals surface area contributed by atoms with E-state index in [0.717, 1.165) is 10.7 Å². The highest BCUT2D eigenvalue weighted by Crippen LogP contribution is 2.34. The van der Waals surface area contributed by atoms with Crippen LogP contribution in [0.25, 0.3) is 16.6 Å². The van der Waals surface area contributed by atoms with Gasteiger partial charge in [0, 0.05) is 17.9 Å². The molecule has 0 aliphatic rings. The van der Waals surface area contributed by atoms with Crippen molar-refractivity contribution < 1.29 is 18.0 Å². The Hall–Kier alpha value is -3.95. The number of fused-ring (bicyclic) bond motifs is 1. The third kappa shape index (κ3) is 4.25. The summed E-state index contributed by atoms with van der Waals surface area (Å²) in [5.41, 5.74) is -0.221. The monoisotopic (exact) mass is 441 g/mol. The molecule has 0 bridgehead atoms. The molecule has 2 aromatic heterocycles. The Morgan fingerprint density at radius 2 is 1.81 bits per heavy atom. The minimum atomic E-state index is -4.57. The number of anilines is 1. The maximum Gasteiger partial charge on any atom is 0.418 e. The second-order valence-corrected chi connectivity index (χ2v) is 7.14. The zero-order valence-electron chi connectivity index (χ0n) is 16.9. The van der Waals surface area contributed by atoms with Gasteiger partial charge < -0.3 is 5.32 Å². The molecule has 0 radical (unpaired) electrons. The molecule has 2 heterocycles. The number of hydrogen-bond acceptors (Lipinski definition) is 4. The van der Waals surface area contributed by atoms with E-state index < -0.39 is 17.6 Å². The van der Waals surface area contributed by atoms with Crippen molar-refractivity contribution in [2.75, 3.05) is 5.32 Å². The van der Waals surface area contributed by atoms with Gasteiger partial charge in [0.1, 0.15) is 5.82 Å². The predicted octanol–water partition coefficient (Wildman–Crippen LogP) is 3.94. The molecule has 7 nitrogen and oxygen atoms in total. The Kier molecular flexibility index (Phi) is 5.52. The highest BCUT2D eigenvalue weighted by atomic mass is 19.4. The molecular weight excluding hydrogens is 423 g/mol. The van der Waals surface area contributed by atoms with Crippen molar-refractivity contribution in [2.24, 2.45) is 0 Å². The number of benzene rings is 2. The Morgan fingerprint density at radius 1 is 1.09 bits per heavy atom. The summed E-state index contributed by atoms with van der Waals surface area (Å²) in [6.45, 7) is 1.80. The van der Waals surface area contributed by atoms with Crippen LogP contribution in [0.1, 0.15) is 17.7 Å². The van der Waals surface area contributed by atoms with E-state index in [9.17, 15) is 22.8 Å². The van der Waals surface area contributed by atoms with Gasteiger partial charge in [-0.05, 0) is 31.2 Å². The minimum absolute atomic E-state index is 0.00892. The first kappa shape index (κ1) is 21.3. The molecule has 0 spiro atoms. The summed E-state index contributed by atoms with van der Waals surface area (Å²) in [5.74, 6) is -0.304. The molecule has 4 aromatic rings. The van der Waals surface area contributed by atoms with Crippen molar-refractivity contribution in [1.82, 2.24) is 19.6 Å². The number of carbonyl (C=O) groups excluding carboxylic acids is 1. The summed E-state index contributed by atoms with van der Waals surface area (Å²) >= 11 is 0. The highest BCUT2D eigenvalue weighted by molar-refractivity contribution is 5.90. The van der Waals surface area contributed by atoms with Crippen molar-refractivity contribution in [1.29, 1.82) is 0 Å². The fourth-order valence-electron chi connectivity index (χ4n) is 3.42. The topological polar surface area (TPSA) is 81.8 Å². The fourth-order valence-corrected chi connectivity index (χ4v) is 3.42. The molecule has 0 unspecified atom stereocenters. The molecule has 0 aliphatic carbocycles. The van der Waals surface area contributed by atoms with Gasteiger partial charge in [-0.25, -0.2) is 4.68 Å². The fraction of sp³-hybridized carbons (Fsp3) is 0.182. The lowest BCUT2D eigenvalue weighted by atomic mass is 10.1. The van der Waals surface area contributed by atoms with Crippen LogP contribution in [0.15, 0.2) is 65.6 Å². The molecule has 1 N–H and O–H groups in total. The summed E-state index contributed by atoms with van der Waals surface area (Å²) in [4.78, 5) is 24.5. The number of hydrogen-bond donors (Lipinski definition) is 1. The standard InChI is InChI=1S/C22H18F3N5O2/c1-14-12-20(30(28-14)18-9-5-3-7-16(18)22(23,24)25)27-21(32)10-11-29-17-8-4-2-6-15(17)19(31)13-26-29/h2-9,12-13H,10-11H2,1H3,(H,27,32). The first-order valence-electron chi connectivity index (χ1n) is 9.72. The number of rotatable bonds is 5. The SMILES string of the molecule is Cc1cc(NC(=O)CCn2ncc(=O)c3ccccc32)n(-c2ccccc2C(F)(F)F)n1. The highest BCUT2D eigenvalue weighted by Gasteiger charge is 2.34. The third-order valence-corrected chi connectivity index (χ3v) is 4.85. The quantitative estimate of drug-likeness (QED) is 0.509. The van der Waals surface area contributed by atoms with E-state index in [4.69, 9.17) is 0 Å². The van der Waals surface area contributed by atoms with Crippen molar-refractivity contribution in [2.45, 2.75) is 26.1 Å². The largest absolute Gasteiger partial charge is 0.418 e. The Balaban J connectivity index is 1.57. The normalized spacial score (nSPS) is 11.6. The number of aromatic nitrogens is 4. The molecule has 32 heavy (non-hydrogen) atoms. The first-order chi connectivity index (χ1) is 15.2. The van der Waals surface area contributed by atoms with Gasteiger partial charge in [-0.2, -0.15) is 23.4 Å². The second kappa shape index (κ2) is 8.29. The lowest BCUT2D eigenvalue weighted by Gasteiger charge is -2.15.